The Hall–Kier alpha value is -0.300. The molecule has 0 aliphatic heterocycles. The van der Waals surface area contributed by atoms with Gasteiger partial charge in [0.05, 0.1) is 6.10 Å². The van der Waals surface area contributed by atoms with Gasteiger partial charge in [-0.1, -0.05) is 13.8 Å². The molecule has 2 saturated carbocycles. The van der Waals surface area contributed by atoms with E-state index >= 15 is 0 Å². The maximum Gasteiger partial charge on any atom is 0.523 e. The van der Waals surface area contributed by atoms with Gasteiger partial charge in [-0.3, -0.25) is 4.18 Å². The molecule has 100 valence electrons. The molecule has 0 atom stereocenters. The lowest BCUT2D eigenvalue weighted by molar-refractivity contribution is -0.0640. The summed E-state index contributed by atoms with van der Waals surface area (Å²) in [6, 6.07) is 0. The smallest absolute Gasteiger partial charge is 0.259 e. The van der Waals surface area contributed by atoms with Gasteiger partial charge in [-0.25, -0.2) is 0 Å². The third kappa shape index (κ3) is 1.87. The van der Waals surface area contributed by atoms with Crippen LogP contribution in [0.5, 0.6) is 0 Å². The zero-order valence-corrected chi connectivity index (χ0v) is 10.5. The predicted octanol–water partition coefficient (Wildman–Crippen LogP) is 2.82. The molecule has 3 nitrogen and oxygen atoms in total. The Morgan fingerprint density at radius 3 is 1.71 bits per heavy atom. The van der Waals surface area contributed by atoms with Gasteiger partial charge in [0.25, 0.3) is 0 Å². The first-order valence-electron chi connectivity index (χ1n) is 5.50. The summed E-state index contributed by atoms with van der Waals surface area (Å²) in [7, 11) is -5.48. The van der Waals surface area contributed by atoms with Gasteiger partial charge in [0, 0.05) is 0 Å². The van der Waals surface area contributed by atoms with Gasteiger partial charge >= 0.3 is 15.6 Å². The maximum atomic E-state index is 12.3. The molecule has 7 heteroatoms. The van der Waals surface area contributed by atoms with E-state index in [-0.39, 0.29) is 0 Å². The maximum absolute atomic E-state index is 12.3. The third-order valence-corrected chi connectivity index (χ3v) is 5.32. The molecule has 0 heterocycles. The van der Waals surface area contributed by atoms with Crippen molar-refractivity contribution in [3.8, 4) is 0 Å². The van der Waals surface area contributed by atoms with Crippen molar-refractivity contribution in [2.45, 2.75) is 51.1 Å². The average molecular weight is 272 g/mol. The van der Waals surface area contributed by atoms with Crippen molar-refractivity contribution in [3.05, 3.63) is 0 Å². The van der Waals surface area contributed by atoms with Crippen LogP contribution in [0.3, 0.4) is 0 Å². The summed E-state index contributed by atoms with van der Waals surface area (Å²) in [4.78, 5) is 0. The first-order valence-corrected chi connectivity index (χ1v) is 6.91. The summed E-state index contributed by atoms with van der Waals surface area (Å²) < 4.78 is 63.5. The Kier molecular flexibility index (Phi) is 2.61. The molecule has 2 aliphatic carbocycles. The first kappa shape index (κ1) is 13.1. The molecule has 2 rings (SSSR count). The minimum Gasteiger partial charge on any atom is -0.259 e. The fourth-order valence-electron chi connectivity index (χ4n) is 3.17. The number of alkyl halides is 3. The van der Waals surface area contributed by atoms with E-state index in [1.807, 2.05) is 13.8 Å². The van der Waals surface area contributed by atoms with Crippen LogP contribution in [0.2, 0.25) is 0 Å². The van der Waals surface area contributed by atoms with Gasteiger partial charge in [0.2, 0.25) is 0 Å². The molecule has 17 heavy (non-hydrogen) atoms. The van der Waals surface area contributed by atoms with Crippen molar-refractivity contribution in [2.75, 3.05) is 0 Å². The molecule has 0 radical (unpaired) electrons. The van der Waals surface area contributed by atoms with E-state index in [2.05, 4.69) is 4.18 Å². The monoisotopic (exact) mass is 272 g/mol. The molecule has 0 unspecified atom stereocenters. The lowest BCUT2D eigenvalue weighted by Gasteiger charge is -2.29. The van der Waals surface area contributed by atoms with E-state index < -0.39 is 32.6 Å². The van der Waals surface area contributed by atoms with Crippen LogP contribution in [-0.2, 0) is 14.3 Å². The van der Waals surface area contributed by atoms with E-state index in [1.54, 1.807) is 0 Å². The molecular formula is C10H15F3O3S. The van der Waals surface area contributed by atoms with Crippen LogP contribution >= 0.6 is 0 Å². The van der Waals surface area contributed by atoms with Gasteiger partial charge < -0.3 is 0 Å². The lowest BCUT2D eigenvalue weighted by Crippen LogP contribution is -2.38. The number of hydrogen-bond acceptors (Lipinski definition) is 3. The Morgan fingerprint density at radius 1 is 1.06 bits per heavy atom. The molecule has 0 saturated heterocycles. The van der Waals surface area contributed by atoms with E-state index in [0.29, 0.717) is 0 Å². The van der Waals surface area contributed by atoms with E-state index in [9.17, 15) is 21.6 Å². The van der Waals surface area contributed by atoms with Crippen molar-refractivity contribution in [1.29, 1.82) is 0 Å². The van der Waals surface area contributed by atoms with Crippen LogP contribution in [0.25, 0.3) is 0 Å². The van der Waals surface area contributed by atoms with Gasteiger partial charge in [0.15, 0.2) is 0 Å². The highest BCUT2D eigenvalue weighted by Crippen LogP contribution is 2.63. The number of hydrogen-bond donors (Lipinski definition) is 0. The fraction of sp³-hybridized carbons (Fsp3) is 1.00. The van der Waals surface area contributed by atoms with Crippen LogP contribution in [0.4, 0.5) is 13.2 Å². The topological polar surface area (TPSA) is 43.4 Å². The van der Waals surface area contributed by atoms with Crippen LogP contribution in [0, 0.1) is 10.8 Å². The summed E-state index contributed by atoms with van der Waals surface area (Å²) in [6.45, 7) is 3.61. The summed E-state index contributed by atoms with van der Waals surface area (Å²) in [5.41, 5.74) is -6.21. The second-order valence-corrected chi connectivity index (χ2v) is 7.25. The van der Waals surface area contributed by atoms with Crippen LogP contribution in [0.1, 0.15) is 39.5 Å². The minimum atomic E-state index is -5.48. The van der Waals surface area contributed by atoms with Crippen molar-refractivity contribution in [1.82, 2.24) is 0 Å². The van der Waals surface area contributed by atoms with Crippen molar-refractivity contribution >= 4 is 10.1 Å². The first-order chi connectivity index (χ1) is 7.50. The van der Waals surface area contributed by atoms with E-state index in [4.69, 9.17) is 0 Å². The quantitative estimate of drug-likeness (QED) is 0.573. The standard InChI is InChI=1S/C10H15F3O3S/c1-8-3-5-9(2,6-4-8)7(8)16-17(14,15)10(11,12)13/h7H,3-6H2,1-2H3. The van der Waals surface area contributed by atoms with Gasteiger partial charge in [0.1, 0.15) is 0 Å². The highest BCUT2D eigenvalue weighted by Gasteiger charge is 2.62. The Morgan fingerprint density at radius 2 is 1.41 bits per heavy atom. The number of halogens is 3. The van der Waals surface area contributed by atoms with Gasteiger partial charge in [-0.05, 0) is 36.5 Å². The molecular weight excluding hydrogens is 257 g/mol. The van der Waals surface area contributed by atoms with Crippen molar-refractivity contribution in [3.63, 3.8) is 0 Å². The second-order valence-electron chi connectivity index (χ2n) is 5.68. The lowest BCUT2D eigenvalue weighted by atomic mass is 9.84. The number of fused-ring (bicyclic) bond motifs is 2. The molecule has 0 aromatic heterocycles. The predicted molar refractivity (Wildman–Crippen MR) is 54.5 cm³/mol. The van der Waals surface area contributed by atoms with Gasteiger partial charge in [-0.2, -0.15) is 21.6 Å². The van der Waals surface area contributed by atoms with Crippen LogP contribution in [-0.4, -0.2) is 20.0 Å². The van der Waals surface area contributed by atoms with E-state index in [0.717, 1.165) is 25.7 Å². The third-order valence-electron chi connectivity index (χ3n) is 4.31. The van der Waals surface area contributed by atoms with E-state index in [1.165, 1.54) is 0 Å². The molecule has 0 aromatic carbocycles. The molecule has 0 spiro atoms. The summed E-state index contributed by atoms with van der Waals surface area (Å²) in [5, 5.41) is 0. The highest BCUT2D eigenvalue weighted by molar-refractivity contribution is 7.87. The zero-order valence-electron chi connectivity index (χ0n) is 9.67. The molecule has 0 aromatic rings. The van der Waals surface area contributed by atoms with Crippen molar-refractivity contribution < 1.29 is 25.8 Å². The Bertz CT molecular complexity index is 401. The minimum absolute atomic E-state index is 0.437. The average Bonchev–Trinajstić information content (AvgIpc) is 2.52. The summed E-state index contributed by atoms with van der Waals surface area (Å²) in [5.74, 6) is 0. The summed E-state index contributed by atoms with van der Waals surface area (Å²) in [6.07, 6.45) is 2.05. The second kappa shape index (κ2) is 3.38. The molecule has 2 bridgehead atoms. The largest absolute Gasteiger partial charge is 0.523 e. The summed E-state index contributed by atoms with van der Waals surface area (Å²) >= 11 is 0. The van der Waals surface area contributed by atoms with Crippen LogP contribution in [0.15, 0.2) is 0 Å². The van der Waals surface area contributed by atoms with Crippen LogP contribution < -0.4 is 0 Å². The SMILES string of the molecule is CC12CCC(C)(CC1)C2OS(=O)(=O)C(F)(F)F. The number of rotatable bonds is 2. The molecule has 2 fully saturated rings. The molecule has 0 N–H and O–H groups in total. The molecule has 0 amide bonds. The normalized spacial score (nSPS) is 42.1. The van der Waals surface area contributed by atoms with Gasteiger partial charge in [-0.15, -0.1) is 0 Å². The molecule has 2 aliphatic rings. The zero-order chi connectivity index (χ0) is 13.1. The Balaban J connectivity index is 2.27. The fourth-order valence-corrected chi connectivity index (χ4v) is 4.00. The Labute approximate surface area is 98.5 Å². The highest BCUT2D eigenvalue weighted by atomic mass is 32.2. The van der Waals surface area contributed by atoms with Crippen molar-refractivity contribution in [2.24, 2.45) is 10.8 Å².